The number of fused-ring (bicyclic) bond motifs is 2. The number of para-hydroxylation sites is 1. The highest BCUT2D eigenvalue weighted by atomic mass is 32.1. The number of hydrogen-bond acceptors (Lipinski definition) is 5. The molecule has 1 spiro atoms. The van der Waals surface area contributed by atoms with Crippen molar-refractivity contribution in [3.8, 4) is 0 Å². The fourth-order valence-corrected chi connectivity index (χ4v) is 5.31. The average molecular weight is 407 g/mol. The lowest BCUT2D eigenvalue weighted by atomic mass is 9.74. The first-order chi connectivity index (χ1) is 14.0. The first-order valence-electron chi connectivity index (χ1n) is 9.59. The second kappa shape index (κ2) is 6.52. The number of carbonyl (C=O) groups is 2. The van der Waals surface area contributed by atoms with Crippen LogP contribution < -0.4 is 5.32 Å². The molecule has 0 bridgehead atoms. The Morgan fingerprint density at radius 3 is 2.93 bits per heavy atom. The van der Waals surface area contributed by atoms with Crippen LogP contribution in [0.1, 0.15) is 34.6 Å². The lowest BCUT2D eigenvalue weighted by molar-refractivity contribution is -0.133. The first-order valence-corrected chi connectivity index (χ1v) is 10.5. The van der Waals surface area contributed by atoms with E-state index in [4.69, 9.17) is 0 Å². The Balaban J connectivity index is 1.60. The van der Waals surface area contributed by atoms with Gasteiger partial charge in [-0.3, -0.25) is 9.59 Å². The lowest BCUT2D eigenvalue weighted by Gasteiger charge is -2.33. The molecule has 0 saturated carbocycles. The molecule has 2 aliphatic rings. The molecular formula is C21H21N5O2S. The number of amides is 2. The average Bonchev–Trinajstić information content (AvgIpc) is 3.45. The minimum atomic E-state index is -0.830. The van der Waals surface area contributed by atoms with E-state index in [1.165, 1.54) is 11.3 Å². The molecule has 1 N–H and O–H groups in total. The van der Waals surface area contributed by atoms with Crippen molar-refractivity contribution < 1.29 is 9.59 Å². The maximum absolute atomic E-state index is 13.3. The van der Waals surface area contributed by atoms with Gasteiger partial charge in [-0.15, -0.1) is 11.3 Å². The highest BCUT2D eigenvalue weighted by Gasteiger charge is 2.60. The molecule has 8 heteroatoms. The molecule has 2 amide bonds. The highest BCUT2D eigenvalue weighted by Crippen LogP contribution is 2.54. The summed E-state index contributed by atoms with van der Waals surface area (Å²) in [6, 6.07) is 7.30. The van der Waals surface area contributed by atoms with E-state index >= 15 is 0 Å². The van der Waals surface area contributed by atoms with Crippen LogP contribution in [0.2, 0.25) is 0 Å². The lowest BCUT2D eigenvalue weighted by Crippen LogP contribution is -2.44. The predicted molar refractivity (Wildman–Crippen MR) is 110 cm³/mol. The van der Waals surface area contributed by atoms with Crippen molar-refractivity contribution in [2.75, 3.05) is 11.9 Å². The van der Waals surface area contributed by atoms with Crippen molar-refractivity contribution in [2.45, 2.75) is 31.2 Å². The summed E-state index contributed by atoms with van der Waals surface area (Å²) in [6.07, 6.45) is 4.36. The Hall–Kier alpha value is -3.00. The van der Waals surface area contributed by atoms with Gasteiger partial charge in [0.15, 0.2) is 0 Å². The summed E-state index contributed by atoms with van der Waals surface area (Å²) >= 11 is 1.54. The number of thiazole rings is 1. The normalized spacial score (nSPS) is 22.9. The van der Waals surface area contributed by atoms with E-state index in [0.717, 1.165) is 27.8 Å². The zero-order valence-corrected chi connectivity index (χ0v) is 17.1. The number of carbonyl (C=O) groups excluding carboxylic acids is 2. The second-order valence-corrected chi connectivity index (χ2v) is 8.70. The maximum Gasteiger partial charge on any atom is 0.237 e. The zero-order valence-electron chi connectivity index (χ0n) is 16.3. The molecule has 3 aromatic rings. The van der Waals surface area contributed by atoms with E-state index in [9.17, 15) is 9.59 Å². The summed E-state index contributed by atoms with van der Waals surface area (Å²) < 4.78 is 1.90. The van der Waals surface area contributed by atoms with Crippen molar-refractivity contribution in [1.29, 1.82) is 0 Å². The Kier molecular flexibility index (Phi) is 4.06. The van der Waals surface area contributed by atoms with Gasteiger partial charge in [0.1, 0.15) is 17.3 Å². The number of imidazole rings is 1. The van der Waals surface area contributed by atoms with Crippen molar-refractivity contribution >= 4 is 28.8 Å². The van der Waals surface area contributed by atoms with Crippen LogP contribution in [-0.4, -0.2) is 37.8 Å². The van der Waals surface area contributed by atoms with E-state index in [0.29, 0.717) is 13.0 Å². The van der Waals surface area contributed by atoms with Gasteiger partial charge in [0.2, 0.25) is 11.8 Å². The molecule has 1 fully saturated rings. The maximum atomic E-state index is 13.3. The van der Waals surface area contributed by atoms with Crippen molar-refractivity contribution in [2.24, 2.45) is 7.05 Å². The third kappa shape index (κ3) is 2.62. The number of aromatic nitrogens is 3. The molecule has 2 atom stereocenters. The molecule has 29 heavy (non-hydrogen) atoms. The summed E-state index contributed by atoms with van der Waals surface area (Å²) in [5, 5.41) is 5.89. The Morgan fingerprint density at radius 2 is 2.21 bits per heavy atom. The summed E-state index contributed by atoms with van der Waals surface area (Å²) in [5.41, 5.74) is 1.70. The molecule has 0 aliphatic carbocycles. The number of anilines is 1. The van der Waals surface area contributed by atoms with Crippen LogP contribution in [0.5, 0.6) is 0 Å². The molecule has 2 aliphatic heterocycles. The number of benzene rings is 1. The van der Waals surface area contributed by atoms with E-state index in [1.54, 1.807) is 6.20 Å². The van der Waals surface area contributed by atoms with Crippen molar-refractivity contribution in [3.63, 3.8) is 0 Å². The van der Waals surface area contributed by atoms with Crippen LogP contribution in [-0.2, 0) is 28.5 Å². The Labute approximate surface area is 172 Å². The van der Waals surface area contributed by atoms with Crippen LogP contribution >= 0.6 is 11.3 Å². The molecule has 1 aromatic carbocycles. The van der Waals surface area contributed by atoms with Gasteiger partial charge in [-0.25, -0.2) is 9.97 Å². The number of nitrogens with one attached hydrogen (secondary N) is 1. The van der Waals surface area contributed by atoms with Gasteiger partial charge in [0.05, 0.1) is 17.1 Å². The van der Waals surface area contributed by atoms with Gasteiger partial charge >= 0.3 is 0 Å². The summed E-state index contributed by atoms with van der Waals surface area (Å²) in [4.78, 5) is 37.4. The van der Waals surface area contributed by atoms with Gasteiger partial charge < -0.3 is 14.8 Å². The van der Waals surface area contributed by atoms with Crippen molar-refractivity contribution in [3.05, 3.63) is 64.1 Å². The molecule has 5 rings (SSSR count). The monoisotopic (exact) mass is 407 g/mol. The quantitative estimate of drug-likeness (QED) is 0.724. The van der Waals surface area contributed by atoms with Crippen LogP contribution in [0.4, 0.5) is 5.69 Å². The molecular weight excluding hydrogens is 386 g/mol. The van der Waals surface area contributed by atoms with E-state index in [2.05, 4.69) is 15.3 Å². The predicted octanol–water partition coefficient (Wildman–Crippen LogP) is 2.59. The van der Waals surface area contributed by atoms with Gasteiger partial charge in [0, 0.05) is 37.1 Å². The van der Waals surface area contributed by atoms with Gasteiger partial charge in [-0.2, -0.15) is 0 Å². The minimum Gasteiger partial charge on any atom is -0.336 e. The molecule has 1 saturated heterocycles. The van der Waals surface area contributed by atoms with Crippen molar-refractivity contribution in [1.82, 2.24) is 19.4 Å². The van der Waals surface area contributed by atoms with Crippen LogP contribution in [0, 0.1) is 6.92 Å². The number of aryl methyl sites for hydroxylation is 2. The second-order valence-electron chi connectivity index (χ2n) is 7.64. The molecule has 0 radical (unpaired) electrons. The highest BCUT2D eigenvalue weighted by molar-refractivity contribution is 7.09. The zero-order chi connectivity index (χ0) is 20.2. The number of nitrogens with zero attached hydrogens (tertiary/aromatic N) is 4. The van der Waals surface area contributed by atoms with Crippen LogP contribution in [0.3, 0.4) is 0 Å². The summed E-state index contributed by atoms with van der Waals surface area (Å²) in [5.74, 6) is 0.626. The van der Waals surface area contributed by atoms with E-state index in [1.807, 2.05) is 59.3 Å². The van der Waals surface area contributed by atoms with Crippen LogP contribution in [0.15, 0.2) is 42.0 Å². The van der Waals surface area contributed by atoms with Gasteiger partial charge in [0.25, 0.3) is 0 Å². The summed E-state index contributed by atoms with van der Waals surface area (Å²) in [6.45, 7) is 2.43. The molecule has 2 aromatic heterocycles. The van der Waals surface area contributed by atoms with E-state index < -0.39 is 11.5 Å². The number of hydrogen-bond donors (Lipinski definition) is 1. The third-order valence-corrected chi connectivity index (χ3v) is 6.83. The Bertz CT molecular complexity index is 1120. The largest absolute Gasteiger partial charge is 0.336 e. The van der Waals surface area contributed by atoms with E-state index in [-0.39, 0.29) is 18.2 Å². The smallest absolute Gasteiger partial charge is 0.237 e. The summed E-state index contributed by atoms with van der Waals surface area (Å²) in [7, 11) is 1.90. The number of likely N-dealkylation sites (tertiary alicyclic amines) is 1. The molecule has 0 unspecified atom stereocenters. The standard InChI is InChI=1S/C21H21N5O2S/c1-13-23-14(12-29-13)11-17(27)26-9-7-21(18(26)19-22-8-10-25(19)2)15-5-3-4-6-16(15)24-20(21)28/h3-6,8,10,12,18H,7,9,11H2,1-2H3,(H,24,28)/t18-,21+/m0/s1. The topological polar surface area (TPSA) is 80.1 Å². The molecule has 148 valence electrons. The SMILES string of the molecule is Cc1nc(CC(=O)N2CC[C@]3(C(=O)Nc4ccccc43)[C@@H]2c2nccn2C)cs1. The molecule has 7 nitrogen and oxygen atoms in total. The first kappa shape index (κ1) is 18.1. The Morgan fingerprint density at radius 1 is 1.38 bits per heavy atom. The third-order valence-electron chi connectivity index (χ3n) is 6.01. The van der Waals surface area contributed by atoms with Gasteiger partial charge in [-0.1, -0.05) is 18.2 Å². The fraction of sp³-hybridized carbons (Fsp3) is 0.333. The minimum absolute atomic E-state index is 0.0302. The molecule has 4 heterocycles. The number of rotatable bonds is 3. The fourth-order valence-electron chi connectivity index (χ4n) is 4.70. The van der Waals surface area contributed by atoms with Gasteiger partial charge in [-0.05, 0) is 25.0 Å². The van der Waals surface area contributed by atoms with Crippen LogP contribution in [0.25, 0.3) is 0 Å².